The van der Waals surface area contributed by atoms with Crippen molar-refractivity contribution in [2.75, 3.05) is 19.8 Å². The van der Waals surface area contributed by atoms with E-state index < -0.39 is 0 Å². The summed E-state index contributed by atoms with van der Waals surface area (Å²) in [7, 11) is 3.40. The molecule has 3 N–H and O–H groups in total. The SMILES string of the molecule is CN(C)C(=O)c1cc2cc(N)cc(Cl)c2[nH]1. The lowest BCUT2D eigenvalue weighted by molar-refractivity contribution is 0.0823. The first-order valence-corrected chi connectivity index (χ1v) is 5.16. The number of carbonyl (C=O) groups is 1. The van der Waals surface area contributed by atoms with Crippen LogP contribution in [0.5, 0.6) is 0 Å². The summed E-state index contributed by atoms with van der Waals surface area (Å²) < 4.78 is 0. The number of anilines is 1. The van der Waals surface area contributed by atoms with Crippen LogP contribution in [0.2, 0.25) is 5.02 Å². The smallest absolute Gasteiger partial charge is 0.269 e. The van der Waals surface area contributed by atoms with Crippen LogP contribution in [0.15, 0.2) is 18.2 Å². The fourth-order valence-electron chi connectivity index (χ4n) is 1.58. The Labute approximate surface area is 98.0 Å². The molecule has 0 aliphatic heterocycles. The molecule has 1 heterocycles. The number of nitrogens with one attached hydrogen (secondary N) is 1. The molecule has 84 valence electrons. The maximum Gasteiger partial charge on any atom is 0.269 e. The summed E-state index contributed by atoms with van der Waals surface area (Å²) in [6.45, 7) is 0. The number of hydrogen-bond donors (Lipinski definition) is 2. The topological polar surface area (TPSA) is 62.1 Å². The van der Waals surface area contributed by atoms with Crippen LogP contribution < -0.4 is 5.73 Å². The number of halogens is 1. The number of fused-ring (bicyclic) bond motifs is 1. The van der Waals surface area contributed by atoms with E-state index in [1.807, 2.05) is 0 Å². The first-order chi connectivity index (χ1) is 7.49. The van der Waals surface area contributed by atoms with E-state index in [-0.39, 0.29) is 5.91 Å². The van der Waals surface area contributed by atoms with Gasteiger partial charge in [0, 0.05) is 25.2 Å². The average molecular weight is 238 g/mol. The van der Waals surface area contributed by atoms with E-state index in [1.54, 1.807) is 32.3 Å². The number of hydrogen-bond acceptors (Lipinski definition) is 2. The van der Waals surface area contributed by atoms with E-state index in [0.717, 1.165) is 10.9 Å². The maximum atomic E-state index is 11.7. The van der Waals surface area contributed by atoms with Crippen molar-refractivity contribution in [1.82, 2.24) is 9.88 Å². The van der Waals surface area contributed by atoms with Crippen molar-refractivity contribution in [2.45, 2.75) is 0 Å². The molecule has 0 spiro atoms. The summed E-state index contributed by atoms with van der Waals surface area (Å²) >= 11 is 6.02. The number of nitrogens with zero attached hydrogens (tertiary/aromatic N) is 1. The normalized spacial score (nSPS) is 10.7. The van der Waals surface area contributed by atoms with Crippen molar-refractivity contribution in [1.29, 1.82) is 0 Å². The van der Waals surface area contributed by atoms with E-state index in [9.17, 15) is 4.79 Å². The number of benzene rings is 1. The predicted molar refractivity (Wildman–Crippen MR) is 65.7 cm³/mol. The minimum Gasteiger partial charge on any atom is -0.399 e. The summed E-state index contributed by atoms with van der Waals surface area (Å²) in [6.07, 6.45) is 0. The van der Waals surface area contributed by atoms with Crippen molar-refractivity contribution in [3.05, 3.63) is 28.9 Å². The van der Waals surface area contributed by atoms with Crippen LogP contribution in [0.3, 0.4) is 0 Å². The van der Waals surface area contributed by atoms with Crippen LogP contribution in [0, 0.1) is 0 Å². The molecule has 1 aromatic carbocycles. The van der Waals surface area contributed by atoms with Gasteiger partial charge in [0.15, 0.2) is 0 Å². The van der Waals surface area contributed by atoms with E-state index in [1.165, 1.54) is 4.90 Å². The third-order valence-corrected chi connectivity index (χ3v) is 2.64. The molecule has 0 saturated carbocycles. The molecule has 0 aliphatic rings. The highest BCUT2D eigenvalue weighted by Crippen LogP contribution is 2.27. The van der Waals surface area contributed by atoms with Crippen LogP contribution in [0.4, 0.5) is 5.69 Å². The number of carbonyl (C=O) groups excluding carboxylic acids is 1. The Morgan fingerprint density at radius 1 is 1.38 bits per heavy atom. The third kappa shape index (κ3) is 1.72. The fourth-order valence-corrected chi connectivity index (χ4v) is 1.86. The van der Waals surface area contributed by atoms with Gasteiger partial charge in [0.25, 0.3) is 5.91 Å². The highest BCUT2D eigenvalue weighted by molar-refractivity contribution is 6.35. The second-order valence-corrected chi connectivity index (χ2v) is 4.26. The van der Waals surface area contributed by atoms with Crippen LogP contribution >= 0.6 is 11.6 Å². The zero-order chi connectivity index (χ0) is 11.9. The van der Waals surface area contributed by atoms with Crippen molar-refractivity contribution < 1.29 is 4.79 Å². The fraction of sp³-hybridized carbons (Fsp3) is 0.182. The predicted octanol–water partition coefficient (Wildman–Crippen LogP) is 2.11. The summed E-state index contributed by atoms with van der Waals surface area (Å²) in [6, 6.07) is 5.19. The standard InChI is InChI=1S/C11H12ClN3O/c1-15(2)11(16)9-4-6-3-7(13)5-8(12)10(6)14-9/h3-5,14H,13H2,1-2H3. The molecular weight excluding hydrogens is 226 g/mol. The summed E-state index contributed by atoms with van der Waals surface area (Å²) in [5, 5.41) is 1.36. The van der Waals surface area contributed by atoms with Crippen LogP contribution in [-0.2, 0) is 0 Å². The Kier molecular flexibility index (Phi) is 2.52. The Morgan fingerprint density at radius 2 is 2.06 bits per heavy atom. The molecule has 1 amide bonds. The van der Waals surface area contributed by atoms with Gasteiger partial charge in [0.1, 0.15) is 5.69 Å². The monoisotopic (exact) mass is 237 g/mol. The third-order valence-electron chi connectivity index (χ3n) is 2.34. The van der Waals surface area contributed by atoms with Crippen molar-refractivity contribution in [3.63, 3.8) is 0 Å². The molecule has 0 bridgehead atoms. The zero-order valence-electron chi connectivity index (χ0n) is 9.04. The van der Waals surface area contributed by atoms with Gasteiger partial charge in [-0.25, -0.2) is 0 Å². The van der Waals surface area contributed by atoms with Crippen LogP contribution in [0.25, 0.3) is 10.9 Å². The van der Waals surface area contributed by atoms with E-state index in [0.29, 0.717) is 16.4 Å². The van der Waals surface area contributed by atoms with Gasteiger partial charge in [-0.1, -0.05) is 11.6 Å². The van der Waals surface area contributed by atoms with E-state index in [2.05, 4.69) is 4.98 Å². The number of amides is 1. The second-order valence-electron chi connectivity index (χ2n) is 3.85. The van der Waals surface area contributed by atoms with Crippen LogP contribution in [0.1, 0.15) is 10.5 Å². The molecule has 2 rings (SSSR count). The minimum atomic E-state index is -0.0918. The lowest BCUT2D eigenvalue weighted by Gasteiger charge is -2.07. The van der Waals surface area contributed by atoms with Crippen molar-refractivity contribution >= 4 is 34.1 Å². The minimum absolute atomic E-state index is 0.0918. The number of aromatic amines is 1. The van der Waals surface area contributed by atoms with Gasteiger partial charge >= 0.3 is 0 Å². The Morgan fingerprint density at radius 3 is 2.69 bits per heavy atom. The van der Waals surface area contributed by atoms with Gasteiger partial charge in [0.2, 0.25) is 0 Å². The molecule has 1 aromatic heterocycles. The Balaban J connectivity index is 2.60. The number of H-pyrrole nitrogens is 1. The van der Waals surface area contributed by atoms with Gasteiger partial charge in [-0.3, -0.25) is 4.79 Å². The van der Waals surface area contributed by atoms with Crippen LogP contribution in [-0.4, -0.2) is 29.9 Å². The molecule has 0 radical (unpaired) electrons. The second kappa shape index (κ2) is 3.72. The molecule has 0 atom stereocenters. The summed E-state index contributed by atoms with van der Waals surface area (Å²) in [5.41, 5.74) is 7.50. The maximum absolute atomic E-state index is 11.7. The molecule has 0 fully saturated rings. The Bertz CT molecular complexity index is 560. The number of rotatable bonds is 1. The summed E-state index contributed by atoms with van der Waals surface area (Å²) in [5.74, 6) is -0.0918. The lowest BCUT2D eigenvalue weighted by atomic mass is 10.2. The average Bonchev–Trinajstić information content (AvgIpc) is 2.60. The van der Waals surface area contributed by atoms with Gasteiger partial charge in [-0.2, -0.15) is 0 Å². The van der Waals surface area contributed by atoms with E-state index in [4.69, 9.17) is 17.3 Å². The molecule has 0 saturated heterocycles. The zero-order valence-corrected chi connectivity index (χ0v) is 9.80. The number of nitrogen functional groups attached to an aromatic ring is 1. The quantitative estimate of drug-likeness (QED) is 0.747. The van der Waals surface area contributed by atoms with Gasteiger partial charge < -0.3 is 15.6 Å². The largest absolute Gasteiger partial charge is 0.399 e. The highest BCUT2D eigenvalue weighted by atomic mass is 35.5. The summed E-state index contributed by atoms with van der Waals surface area (Å²) in [4.78, 5) is 16.2. The molecular formula is C11H12ClN3O. The lowest BCUT2D eigenvalue weighted by Crippen LogP contribution is -2.21. The first kappa shape index (κ1) is 10.8. The molecule has 4 nitrogen and oxygen atoms in total. The molecule has 16 heavy (non-hydrogen) atoms. The first-order valence-electron chi connectivity index (χ1n) is 4.78. The van der Waals surface area contributed by atoms with Gasteiger partial charge in [-0.05, 0) is 18.2 Å². The molecule has 2 aromatic rings. The highest BCUT2D eigenvalue weighted by Gasteiger charge is 2.12. The Hall–Kier alpha value is -1.68. The molecule has 0 aliphatic carbocycles. The molecule has 0 unspecified atom stereocenters. The van der Waals surface area contributed by atoms with Gasteiger partial charge in [0.05, 0.1) is 10.5 Å². The van der Waals surface area contributed by atoms with Gasteiger partial charge in [-0.15, -0.1) is 0 Å². The van der Waals surface area contributed by atoms with Crippen molar-refractivity contribution in [2.24, 2.45) is 0 Å². The van der Waals surface area contributed by atoms with E-state index >= 15 is 0 Å². The van der Waals surface area contributed by atoms with Crippen molar-refractivity contribution in [3.8, 4) is 0 Å². The number of nitrogens with two attached hydrogens (primary N) is 1. The number of aromatic nitrogens is 1. The molecule has 5 heteroatoms.